The van der Waals surface area contributed by atoms with Gasteiger partial charge in [-0.05, 0) is 71.2 Å². The number of alkyl halides is 1. The first kappa shape index (κ1) is 42.5. The van der Waals surface area contributed by atoms with Crippen LogP contribution in [0.4, 0.5) is 10.1 Å². The molecule has 1 aliphatic heterocycles. The molecule has 1 fully saturated rings. The van der Waals surface area contributed by atoms with Crippen LogP contribution in [0.5, 0.6) is 5.75 Å². The maximum Gasteiger partial charge on any atom is 0.214 e. The Morgan fingerprint density at radius 3 is 2.35 bits per heavy atom. The first-order valence-electron chi connectivity index (χ1n) is 16.1. The van der Waals surface area contributed by atoms with Gasteiger partial charge in [0.25, 0.3) is 0 Å². The lowest BCUT2D eigenvalue weighted by Gasteiger charge is -2.41. The number of carbonyl (C=O) groups is 1. The molecule has 0 spiro atoms. The summed E-state index contributed by atoms with van der Waals surface area (Å²) in [5, 5.41) is 9.48. The average molecular weight is 644 g/mol. The SMILES string of the molecule is C=C/C=C(C/C=C\CF)/C(C(=C\C)/COCC)=C(/C=C/C)OCC.CC.COC1(CN(C=O)c2cncc(O)c2)CCN(C)CC1. The summed E-state index contributed by atoms with van der Waals surface area (Å²) in [7, 11) is 3.77. The summed E-state index contributed by atoms with van der Waals surface area (Å²) < 4.78 is 29.6. The zero-order chi connectivity index (χ0) is 34.8. The van der Waals surface area contributed by atoms with Crippen LogP contribution in [0.3, 0.4) is 0 Å². The van der Waals surface area contributed by atoms with Crippen LogP contribution < -0.4 is 4.90 Å². The number of allylic oxidation sites excluding steroid dienone is 8. The molecular formula is C37H58FN3O5. The number of amides is 1. The van der Waals surface area contributed by atoms with Gasteiger partial charge in [-0.1, -0.05) is 56.9 Å². The molecule has 0 aliphatic carbocycles. The second-order valence-corrected chi connectivity index (χ2v) is 10.2. The zero-order valence-corrected chi connectivity index (χ0v) is 29.4. The first-order valence-corrected chi connectivity index (χ1v) is 16.1. The predicted octanol–water partition coefficient (Wildman–Crippen LogP) is 7.75. The van der Waals surface area contributed by atoms with E-state index in [1.807, 2.05) is 71.9 Å². The molecule has 2 rings (SSSR count). The van der Waals surface area contributed by atoms with Gasteiger partial charge in [0.1, 0.15) is 18.2 Å². The maximum atomic E-state index is 12.4. The molecule has 1 aromatic rings. The normalized spacial score (nSPS) is 15.8. The fourth-order valence-electron chi connectivity index (χ4n) is 4.74. The molecule has 9 heteroatoms. The van der Waals surface area contributed by atoms with Crippen molar-refractivity contribution in [3.8, 4) is 5.75 Å². The summed E-state index contributed by atoms with van der Waals surface area (Å²) in [5.41, 5.74) is 3.28. The highest BCUT2D eigenvalue weighted by Gasteiger charge is 2.35. The number of likely N-dealkylation sites (tertiary alicyclic amines) is 1. The largest absolute Gasteiger partial charge is 0.506 e. The Hall–Kier alpha value is -3.53. The molecule has 0 atom stereocenters. The van der Waals surface area contributed by atoms with Crippen molar-refractivity contribution in [1.82, 2.24) is 9.88 Å². The molecule has 1 aromatic heterocycles. The lowest BCUT2D eigenvalue weighted by atomic mass is 9.90. The second-order valence-electron chi connectivity index (χ2n) is 10.2. The number of ether oxygens (including phenoxy) is 3. The fraction of sp³-hybridized carbons (Fsp3) is 0.514. The van der Waals surface area contributed by atoms with Gasteiger partial charge in [0.15, 0.2) is 0 Å². The Kier molecular flexibility index (Phi) is 23.7. The third kappa shape index (κ3) is 15.2. The Balaban J connectivity index is 0.000000844. The molecule has 1 saturated heterocycles. The minimum atomic E-state index is -0.469. The number of anilines is 1. The van der Waals surface area contributed by atoms with E-state index < -0.39 is 6.67 Å². The highest BCUT2D eigenvalue weighted by atomic mass is 19.1. The molecule has 8 nitrogen and oxygen atoms in total. The van der Waals surface area contributed by atoms with Crippen molar-refractivity contribution in [2.45, 2.75) is 66.4 Å². The summed E-state index contributed by atoms with van der Waals surface area (Å²) >= 11 is 0. The van der Waals surface area contributed by atoms with Crippen LogP contribution in [0.2, 0.25) is 0 Å². The summed E-state index contributed by atoms with van der Waals surface area (Å²) in [5.74, 6) is 0.832. The number of pyridine rings is 1. The Morgan fingerprint density at radius 1 is 1.15 bits per heavy atom. The lowest BCUT2D eigenvalue weighted by Crippen LogP contribution is -2.51. The van der Waals surface area contributed by atoms with Gasteiger partial charge in [-0.25, -0.2) is 4.39 Å². The third-order valence-corrected chi connectivity index (χ3v) is 7.19. The van der Waals surface area contributed by atoms with Gasteiger partial charge in [0, 0.05) is 38.4 Å². The van der Waals surface area contributed by atoms with Crippen LogP contribution in [0.1, 0.15) is 60.8 Å². The van der Waals surface area contributed by atoms with Crippen molar-refractivity contribution in [1.29, 1.82) is 0 Å². The minimum Gasteiger partial charge on any atom is -0.506 e. The third-order valence-electron chi connectivity index (χ3n) is 7.19. The molecule has 0 saturated carbocycles. The van der Waals surface area contributed by atoms with Crippen LogP contribution in [0.15, 0.2) is 90.0 Å². The van der Waals surface area contributed by atoms with Crippen LogP contribution in [0, 0.1) is 0 Å². The topological polar surface area (TPSA) is 84.4 Å². The summed E-state index contributed by atoms with van der Waals surface area (Å²) in [6.07, 6.45) is 19.0. The van der Waals surface area contributed by atoms with E-state index in [-0.39, 0.29) is 11.4 Å². The van der Waals surface area contributed by atoms with Gasteiger partial charge in [-0.15, -0.1) is 0 Å². The van der Waals surface area contributed by atoms with E-state index in [2.05, 4.69) is 23.5 Å². The van der Waals surface area contributed by atoms with E-state index in [1.54, 1.807) is 24.3 Å². The molecule has 1 amide bonds. The monoisotopic (exact) mass is 643 g/mol. The highest BCUT2D eigenvalue weighted by Crippen LogP contribution is 2.30. The Labute approximate surface area is 277 Å². The van der Waals surface area contributed by atoms with E-state index in [0.29, 0.717) is 38.5 Å². The van der Waals surface area contributed by atoms with Gasteiger partial charge in [0.05, 0.1) is 43.4 Å². The smallest absolute Gasteiger partial charge is 0.214 e. The molecule has 0 bridgehead atoms. The number of methoxy groups -OCH3 is 1. The van der Waals surface area contributed by atoms with E-state index in [0.717, 1.165) is 54.8 Å². The maximum absolute atomic E-state index is 12.4. The molecule has 1 aliphatic rings. The summed E-state index contributed by atoms with van der Waals surface area (Å²) in [6.45, 7) is 19.2. The van der Waals surface area contributed by atoms with Gasteiger partial charge in [-0.3, -0.25) is 9.78 Å². The second kappa shape index (κ2) is 25.6. The summed E-state index contributed by atoms with van der Waals surface area (Å²) in [6, 6.07) is 1.53. The van der Waals surface area contributed by atoms with Crippen LogP contribution in [0.25, 0.3) is 0 Å². The number of halogens is 1. The molecule has 258 valence electrons. The molecule has 2 heterocycles. The minimum absolute atomic E-state index is 0.0456. The fourth-order valence-corrected chi connectivity index (χ4v) is 4.74. The van der Waals surface area contributed by atoms with Crippen molar-refractivity contribution >= 4 is 12.1 Å². The number of rotatable bonds is 17. The number of hydrogen-bond acceptors (Lipinski definition) is 7. The number of nitrogens with zero attached hydrogens (tertiary/aromatic N) is 3. The van der Waals surface area contributed by atoms with Crippen LogP contribution >= 0.6 is 0 Å². The van der Waals surface area contributed by atoms with E-state index >= 15 is 0 Å². The molecule has 0 unspecified atom stereocenters. The standard InChI is InChI=1S/C21H31FO2.C14H21N3O3.C2H6/c1-6-13-19(15-11-12-16-22)21(18(8-3)17-23-9-4)20(14-7-2)24-10-5;1-16-5-3-14(20-2,4-6-16)10-17(11-18)12-7-13(19)9-15-8-12;1-2/h6-8,11-14H,1,9-10,15-17H2,2-5H3;7-9,11,19H,3-6,10H2,1-2H3;1-2H3/b12-11-,14-7+,18-8-,19-13+,21-20-;;. The number of aromatic hydroxyl groups is 1. The van der Waals surface area contributed by atoms with Gasteiger partial charge in [-0.2, -0.15) is 0 Å². The molecule has 46 heavy (non-hydrogen) atoms. The lowest BCUT2D eigenvalue weighted by molar-refractivity contribution is -0.109. The summed E-state index contributed by atoms with van der Waals surface area (Å²) in [4.78, 5) is 19.1. The molecular weight excluding hydrogens is 585 g/mol. The van der Waals surface area contributed by atoms with E-state index in [1.165, 1.54) is 18.3 Å². The Morgan fingerprint density at radius 2 is 1.85 bits per heavy atom. The van der Waals surface area contributed by atoms with Gasteiger partial charge >= 0.3 is 0 Å². The predicted molar refractivity (Wildman–Crippen MR) is 189 cm³/mol. The Bertz CT molecular complexity index is 1150. The highest BCUT2D eigenvalue weighted by molar-refractivity contribution is 5.75. The van der Waals surface area contributed by atoms with Crippen molar-refractivity contribution in [3.63, 3.8) is 0 Å². The molecule has 1 N–H and O–H groups in total. The number of piperidine rings is 1. The van der Waals surface area contributed by atoms with E-state index in [9.17, 15) is 14.3 Å². The molecule has 0 radical (unpaired) electrons. The van der Waals surface area contributed by atoms with Crippen molar-refractivity contribution in [2.24, 2.45) is 0 Å². The van der Waals surface area contributed by atoms with Crippen molar-refractivity contribution in [3.05, 3.63) is 90.0 Å². The first-order chi connectivity index (χ1) is 22.3. The van der Waals surface area contributed by atoms with Crippen molar-refractivity contribution in [2.75, 3.05) is 65.2 Å². The van der Waals surface area contributed by atoms with Crippen molar-refractivity contribution < 1.29 is 28.5 Å². The number of carbonyl (C=O) groups excluding carboxylic acids is 1. The number of hydrogen-bond donors (Lipinski definition) is 1. The van der Waals surface area contributed by atoms with Gasteiger partial charge in [0.2, 0.25) is 6.41 Å². The quantitative estimate of drug-likeness (QED) is 0.0804. The average Bonchev–Trinajstić information content (AvgIpc) is 3.07. The van der Waals surface area contributed by atoms with Crippen LogP contribution in [-0.4, -0.2) is 87.3 Å². The molecule has 0 aromatic carbocycles. The zero-order valence-electron chi connectivity index (χ0n) is 29.4. The number of aromatic nitrogens is 1. The van der Waals surface area contributed by atoms with E-state index in [4.69, 9.17) is 14.2 Å². The van der Waals surface area contributed by atoms with Gasteiger partial charge < -0.3 is 29.1 Å². The van der Waals surface area contributed by atoms with Crippen LogP contribution in [-0.2, 0) is 19.0 Å².